The van der Waals surface area contributed by atoms with E-state index in [1.807, 2.05) is 6.07 Å². The molecule has 2 aromatic rings. The summed E-state index contributed by atoms with van der Waals surface area (Å²) in [5, 5.41) is 0.774. The van der Waals surface area contributed by atoms with Crippen molar-refractivity contribution in [1.29, 1.82) is 0 Å². The molecule has 94 valence electrons. The largest absolute Gasteiger partial charge is 0.398 e. The summed E-state index contributed by atoms with van der Waals surface area (Å²) < 4.78 is 13.0. The molecule has 2 N–H and O–H groups in total. The maximum Gasteiger partial charge on any atom is 0.141 e. The fourth-order valence-corrected chi connectivity index (χ4v) is 2.81. The zero-order chi connectivity index (χ0) is 13.1. The van der Waals surface area contributed by atoms with E-state index in [0.29, 0.717) is 16.5 Å². The number of benzene rings is 2. The van der Waals surface area contributed by atoms with E-state index in [-0.39, 0.29) is 5.02 Å². The van der Waals surface area contributed by atoms with E-state index in [2.05, 4.69) is 0 Å². The van der Waals surface area contributed by atoms with Crippen molar-refractivity contribution in [2.75, 3.05) is 5.73 Å². The third kappa shape index (κ3) is 3.31. The highest BCUT2D eigenvalue weighted by Crippen LogP contribution is 2.31. The van der Waals surface area contributed by atoms with Crippen molar-refractivity contribution >= 4 is 40.7 Å². The van der Waals surface area contributed by atoms with Crippen LogP contribution in [0.2, 0.25) is 10.0 Å². The molecule has 0 spiro atoms. The number of hydrogen-bond acceptors (Lipinski definition) is 2. The number of thioether (sulfide) groups is 1. The summed E-state index contributed by atoms with van der Waals surface area (Å²) in [5.41, 5.74) is 7.46. The van der Waals surface area contributed by atoms with Gasteiger partial charge in [0, 0.05) is 21.4 Å². The number of nitrogen functional groups attached to an aromatic ring is 1. The Morgan fingerprint density at radius 3 is 2.61 bits per heavy atom. The normalized spacial score (nSPS) is 10.6. The third-order valence-electron chi connectivity index (χ3n) is 2.35. The van der Waals surface area contributed by atoms with Crippen LogP contribution in [0.25, 0.3) is 0 Å². The van der Waals surface area contributed by atoms with E-state index in [1.165, 1.54) is 17.8 Å². The molecule has 0 bridgehead atoms. The third-order valence-corrected chi connectivity index (χ3v) is 4.02. The lowest BCUT2D eigenvalue weighted by molar-refractivity contribution is 0.628. The molecular weight excluding hydrogens is 292 g/mol. The van der Waals surface area contributed by atoms with Crippen LogP contribution in [0.3, 0.4) is 0 Å². The van der Waals surface area contributed by atoms with Gasteiger partial charge < -0.3 is 5.73 Å². The molecule has 0 saturated heterocycles. The first-order valence-corrected chi connectivity index (χ1v) is 6.92. The second-order valence-corrected chi connectivity index (χ2v) is 5.58. The van der Waals surface area contributed by atoms with Crippen molar-refractivity contribution < 1.29 is 4.39 Å². The summed E-state index contributed by atoms with van der Waals surface area (Å²) >= 11 is 13.2. The van der Waals surface area contributed by atoms with Crippen molar-refractivity contribution in [1.82, 2.24) is 0 Å². The average Bonchev–Trinajstić information content (AvgIpc) is 2.34. The molecule has 0 radical (unpaired) electrons. The average molecular weight is 302 g/mol. The highest BCUT2D eigenvalue weighted by molar-refractivity contribution is 7.98. The molecule has 0 aliphatic carbocycles. The highest BCUT2D eigenvalue weighted by Gasteiger charge is 2.04. The van der Waals surface area contributed by atoms with E-state index in [9.17, 15) is 4.39 Å². The standard InChI is InChI=1S/C13H10Cl2FNS/c14-9-2-4-12(17)13(6-9)18-7-8-1-3-11(16)10(15)5-8/h1-6H,7,17H2. The van der Waals surface area contributed by atoms with Crippen molar-refractivity contribution in [2.24, 2.45) is 0 Å². The van der Waals surface area contributed by atoms with Crippen LogP contribution in [0.15, 0.2) is 41.3 Å². The zero-order valence-electron chi connectivity index (χ0n) is 9.29. The van der Waals surface area contributed by atoms with Crippen LogP contribution < -0.4 is 5.73 Å². The monoisotopic (exact) mass is 301 g/mol. The van der Waals surface area contributed by atoms with Crippen LogP contribution >= 0.6 is 35.0 Å². The van der Waals surface area contributed by atoms with Crippen molar-refractivity contribution in [3.05, 3.63) is 57.8 Å². The van der Waals surface area contributed by atoms with Gasteiger partial charge in [-0.2, -0.15) is 0 Å². The molecule has 0 atom stereocenters. The first-order valence-electron chi connectivity index (χ1n) is 5.18. The summed E-state index contributed by atoms with van der Waals surface area (Å²) in [6.07, 6.45) is 0. The molecule has 0 aliphatic rings. The van der Waals surface area contributed by atoms with Crippen LogP contribution in [0.1, 0.15) is 5.56 Å². The van der Waals surface area contributed by atoms with Gasteiger partial charge in [0.2, 0.25) is 0 Å². The van der Waals surface area contributed by atoms with Gasteiger partial charge in [-0.15, -0.1) is 11.8 Å². The van der Waals surface area contributed by atoms with Gasteiger partial charge in [0.25, 0.3) is 0 Å². The highest BCUT2D eigenvalue weighted by atomic mass is 35.5. The lowest BCUT2D eigenvalue weighted by atomic mass is 10.2. The summed E-state index contributed by atoms with van der Waals surface area (Å²) in [4.78, 5) is 0.906. The van der Waals surface area contributed by atoms with E-state index in [4.69, 9.17) is 28.9 Å². The second kappa shape index (κ2) is 5.83. The maximum absolute atomic E-state index is 13.0. The lowest BCUT2D eigenvalue weighted by Crippen LogP contribution is -1.89. The predicted octanol–water partition coefficient (Wildman–Crippen LogP) is 5.01. The molecule has 5 heteroatoms. The van der Waals surface area contributed by atoms with Gasteiger partial charge in [0.15, 0.2) is 0 Å². The molecule has 0 unspecified atom stereocenters. The first kappa shape index (κ1) is 13.5. The molecule has 0 aliphatic heterocycles. The molecular formula is C13H10Cl2FNS. The van der Waals surface area contributed by atoms with Gasteiger partial charge >= 0.3 is 0 Å². The van der Waals surface area contributed by atoms with E-state index in [0.717, 1.165) is 10.5 Å². The molecule has 18 heavy (non-hydrogen) atoms. The maximum atomic E-state index is 13.0. The van der Waals surface area contributed by atoms with Gasteiger partial charge in [0.05, 0.1) is 5.02 Å². The smallest absolute Gasteiger partial charge is 0.141 e. The van der Waals surface area contributed by atoms with Crippen LogP contribution in [-0.2, 0) is 5.75 Å². The minimum absolute atomic E-state index is 0.132. The van der Waals surface area contributed by atoms with Crippen LogP contribution in [-0.4, -0.2) is 0 Å². The van der Waals surface area contributed by atoms with Gasteiger partial charge in [-0.05, 0) is 35.9 Å². The van der Waals surface area contributed by atoms with E-state index in [1.54, 1.807) is 24.3 Å². The number of halogens is 3. The number of rotatable bonds is 3. The summed E-state index contributed by atoms with van der Waals surface area (Å²) in [7, 11) is 0. The Labute approximate surface area is 119 Å². The Morgan fingerprint density at radius 1 is 1.11 bits per heavy atom. The Bertz CT molecular complexity index is 575. The SMILES string of the molecule is Nc1ccc(Cl)cc1SCc1ccc(F)c(Cl)c1. The molecule has 2 rings (SSSR count). The van der Waals surface area contributed by atoms with Crippen molar-refractivity contribution in [3.63, 3.8) is 0 Å². The molecule has 2 aromatic carbocycles. The molecule has 0 aromatic heterocycles. The number of hydrogen-bond donors (Lipinski definition) is 1. The Morgan fingerprint density at radius 2 is 1.89 bits per heavy atom. The molecule has 0 saturated carbocycles. The van der Waals surface area contributed by atoms with Gasteiger partial charge in [0.1, 0.15) is 5.82 Å². The predicted molar refractivity (Wildman–Crippen MR) is 76.8 cm³/mol. The quantitative estimate of drug-likeness (QED) is 0.637. The van der Waals surface area contributed by atoms with Gasteiger partial charge in [-0.1, -0.05) is 29.3 Å². The summed E-state index contributed by atoms with van der Waals surface area (Å²) in [6.45, 7) is 0. The minimum atomic E-state index is -0.410. The summed E-state index contributed by atoms with van der Waals surface area (Å²) in [5.74, 6) is 0.248. The van der Waals surface area contributed by atoms with E-state index >= 15 is 0 Å². The second-order valence-electron chi connectivity index (χ2n) is 3.72. The Kier molecular flexibility index (Phi) is 4.38. The number of anilines is 1. The van der Waals surface area contributed by atoms with E-state index < -0.39 is 5.82 Å². The first-order chi connectivity index (χ1) is 8.56. The van der Waals surface area contributed by atoms with Crippen molar-refractivity contribution in [2.45, 2.75) is 10.6 Å². The fraction of sp³-hybridized carbons (Fsp3) is 0.0769. The van der Waals surface area contributed by atoms with Crippen molar-refractivity contribution in [3.8, 4) is 0 Å². The van der Waals surface area contributed by atoms with Gasteiger partial charge in [-0.3, -0.25) is 0 Å². The molecule has 0 fully saturated rings. The Balaban J connectivity index is 2.11. The zero-order valence-corrected chi connectivity index (χ0v) is 11.6. The molecule has 0 heterocycles. The Hall–Kier alpha value is -0.900. The molecule has 0 amide bonds. The topological polar surface area (TPSA) is 26.0 Å². The fourth-order valence-electron chi connectivity index (χ4n) is 1.42. The van der Waals surface area contributed by atoms with Crippen LogP contribution in [0.4, 0.5) is 10.1 Å². The summed E-state index contributed by atoms with van der Waals surface area (Å²) in [6, 6.07) is 10.0. The minimum Gasteiger partial charge on any atom is -0.398 e. The van der Waals surface area contributed by atoms with Crippen LogP contribution in [0, 0.1) is 5.82 Å². The van der Waals surface area contributed by atoms with Crippen LogP contribution in [0.5, 0.6) is 0 Å². The molecule has 1 nitrogen and oxygen atoms in total. The lowest BCUT2D eigenvalue weighted by Gasteiger charge is -2.06. The number of nitrogens with two attached hydrogens (primary N) is 1. The van der Waals surface area contributed by atoms with Gasteiger partial charge in [-0.25, -0.2) is 4.39 Å².